The van der Waals surface area contributed by atoms with Crippen molar-refractivity contribution in [2.75, 3.05) is 0 Å². The summed E-state index contributed by atoms with van der Waals surface area (Å²) < 4.78 is 28.0. The van der Waals surface area contributed by atoms with Gasteiger partial charge in [-0.25, -0.2) is 13.1 Å². The van der Waals surface area contributed by atoms with Gasteiger partial charge in [-0.05, 0) is 48.1 Å². The molecular formula is C18H21NO2S. The molecule has 3 nitrogen and oxygen atoms in total. The van der Waals surface area contributed by atoms with E-state index in [-0.39, 0.29) is 6.04 Å². The monoisotopic (exact) mass is 315 g/mol. The molecule has 4 heteroatoms. The maximum absolute atomic E-state index is 12.6. The molecule has 3 rings (SSSR count). The van der Waals surface area contributed by atoms with Gasteiger partial charge in [0, 0.05) is 6.04 Å². The number of aryl methyl sites for hydroxylation is 2. The third kappa shape index (κ3) is 3.08. The highest BCUT2D eigenvalue weighted by molar-refractivity contribution is 7.89. The zero-order valence-electron chi connectivity index (χ0n) is 12.7. The van der Waals surface area contributed by atoms with Crippen LogP contribution in [0.1, 0.15) is 42.5 Å². The maximum Gasteiger partial charge on any atom is 0.241 e. The van der Waals surface area contributed by atoms with Crippen molar-refractivity contribution >= 4 is 10.0 Å². The first kappa shape index (κ1) is 15.3. The fourth-order valence-corrected chi connectivity index (χ4v) is 4.31. The normalized spacial score (nSPS) is 17.4. The highest BCUT2D eigenvalue weighted by Crippen LogP contribution is 2.32. The van der Waals surface area contributed by atoms with Crippen molar-refractivity contribution in [2.24, 2.45) is 0 Å². The summed E-state index contributed by atoms with van der Waals surface area (Å²) in [5.41, 5.74) is 3.52. The molecule has 0 heterocycles. The van der Waals surface area contributed by atoms with Crippen LogP contribution in [-0.2, 0) is 22.9 Å². The standard InChI is InChI=1S/C18H21NO2S/c1-2-5-14-8-11-16(12-9-14)22(20,21)19-18-13-10-15-6-3-4-7-17(15)18/h3-4,6-9,11-12,18-19H,2,5,10,13H2,1H3. The van der Waals surface area contributed by atoms with E-state index in [1.807, 2.05) is 30.3 Å². The van der Waals surface area contributed by atoms with Gasteiger partial charge in [-0.15, -0.1) is 0 Å². The number of rotatable bonds is 5. The summed E-state index contributed by atoms with van der Waals surface area (Å²) in [5.74, 6) is 0. The van der Waals surface area contributed by atoms with Gasteiger partial charge in [-0.2, -0.15) is 0 Å². The van der Waals surface area contributed by atoms with E-state index in [9.17, 15) is 8.42 Å². The van der Waals surface area contributed by atoms with E-state index in [0.717, 1.165) is 31.2 Å². The summed E-state index contributed by atoms with van der Waals surface area (Å²) in [6.07, 6.45) is 3.79. The fourth-order valence-electron chi connectivity index (χ4n) is 3.06. The van der Waals surface area contributed by atoms with Crippen molar-refractivity contribution in [3.05, 3.63) is 65.2 Å². The lowest BCUT2D eigenvalue weighted by Crippen LogP contribution is -2.27. The molecule has 0 saturated heterocycles. The molecule has 1 unspecified atom stereocenters. The molecule has 0 amide bonds. The summed E-state index contributed by atoms with van der Waals surface area (Å²) in [7, 11) is -3.47. The molecule has 1 aliphatic rings. The average Bonchev–Trinajstić information content (AvgIpc) is 2.91. The summed E-state index contributed by atoms with van der Waals surface area (Å²) in [6, 6.07) is 15.1. The number of benzene rings is 2. The highest BCUT2D eigenvalue weighted by Gasteiger charge is 2.27. The minimum absolute atomic E-state index is 0.114. The Morgan fingerprint density at radius 1 is 1.09 bits per heavy atom. The summed E-state index contributed by atoms with van der Waals surface area (Å²) in [6.45, 7) is 2.11. The van der Waals surface area contributed by atoms with Crippen LogP contribution in [0, 0.1) is 0 Å². The molecule has 1 N–H and O–H groups in total. The lowest BCUT2D eigenvalue weighted by atomic mass is 10.1. The molecule has 1 aliphatic carbocycles. The van der Waals surface area contributed by atoms with Gasteiger partial charge in [0.1, 0.15) is 0 Å². The van der Waals surface area contributed by atoms with Gasteiger partial charge in [0.05, 0.1) is 4.90 Å². The van der Waals surface area contributed by atoms with Gasteiger partial charge in [0.15, 0.2) is 0 Å². The quantitative estimate of drug-likeness (QED) is 0.916. The van der Waals surface area contributed by atoms with E-state index in [4.69, 9.17) is 0 Å². The first-order valence-electron chi connectivity index (χ1n) is 7.79. The van der Waals surface area contributed by atoms with Crippen LogP contribution >= 0.6 is 0 Å². The lowest BCUT2D eigenvalue weighted by Gasteiger charge is -2.14. The van der Waals surface area contributed by atoms with Crippen LogP contribution in [0.25, 0.3) is 0 Å². The second-order valence-electron chi connectivity index (χ2n) is 5.81. The molecule has 2 aromatic rings. The van der Waals surface area contributed by atoms with E-state index in [2.05, 4.69) is 17.7 Å². The largest absolute Gasteiger partial charge is 0.241 e. The third-order valence-corrected chi connectivity index (χ3v) is 5.69. The van der Waals surface area contributed by atoms with Crippen LogP contribution in [0.5, 0.6) is 0 Å². The molecule has 116 valence electrons. The Labute approximate surface area is 132 Å². The number of hydrogen-bond acceptors (Lipinski definition) is 2. The van der Waals surface area contributed by atoms with Gasteiger partial charge in [0.2, 0.25) is 10.0 Å². The predicted octanol–water partition coefficient (Wildman–Crippen LogP) is 3.60. The molecule has 0 saturated carbocycles. The topological polar surface area (TPSA) is 46.2 Å². The fraction of sp³-hybridized carbons (Fsp3) is 0.333. The minimum Gasteiger partial charge on any atom is -0.207 e. The van der Waals surface area contributed by atoms with Gasteiger partial charge in [-0.3, -0.25) is 0 Å². The SMILES string of the molecule is CCCc1ccc(S(=O)(=O)NC2CCc3ccccc32)cc1. The number of fused-ring (bicyclic) bond motifs is 1. The number of nitrogens with one attached hydrogen (secondary N) is 1. The van der Waals surface area contributed by atoms with E-state index in [1.54, 1.807) is 12.1 Å². The van der Waals surface area contributed by atoms with Crippen LogP contribution in [0.2, 0.25) is 0 Å². The molecule has 22 heavy (non-hydrogen) atoms. The summed E-state index contributed by atoms with van der Waals surface area (Å²) in [5, 5.41) is 0. The van der Waals surface area contributed by atoms with Crippen LogP contribution in [0.3, 0.4) is 0 Å². The van der Waals surface area contributed by atoms with Gasteiger partial charge < -0.3 is 0 Å². The van der Waals surface area contributed by atoms with Crippen LogP contribution < -0.4 is 4.72 Å². The first-order valence-corrected chi connectivity index (χ1v) is 9.27. The molecule has 1 atom stereocenters. The van der Waals surface area contributed by atoms with Crippen molar-refractivity contribution in [3.63, 3.8) is 0 Å². The Morgan fingerprint density at radius 3 is 2.55 bits per heavy atom. The molecule has 0 bridgehead atoms. The first-order chi connectivity index (χ1) is 10.6. The summed E-state index contributed by atoms with van der Waals surface area (Å²) >= 11 is 0. The molecule has 0 aromatic heterocycles. The average molecular weight is 315 g/mol. The van der Waals surface area contributed by atoms with E-state index in [1.165, 1.54) is 11.1 Å². The second kappa shape index (κ2) is 6.23. The zero-order chi connectivity index (χ0) is 15.6. The van der Waals surface area contributed by atoms with Crippen molar-refractivity contribution in [1.29, 1.82) is 0 Å². The van der Waals surface area contributed by atoms with E-state index >= 15 is 0 Å². The van der Waals surface area contributed by atoms with Crippen LogP contribution in [0.15, 0.2) is 53.4 Å². The Morgan fingerprint density at radius 2 is 1.82 bits per heavy atom. The zero-order valence-corrected chi connectivity index (χ0v) is 13.6. The number of hydrogen-bond donors (Lipinski definition) is 1. The molecule has 0 spiro atoms. The van der Waals surface area contributed by atoms with E-state index in [0.29, 0.717) is 4.90 Å². The maximum atomic E-state index is 12.6. The van der Waals surface area contributed by atoms with Crippen molar-refractivity contribution in [2.45, 2.75) is 43.5 Å². The van der Waals surface area contributed by atoms with Crippen molar-refractivity contribution in [3.8, 4) is 0 Å². The Kier molecular flexibility index (Phi) is 4.32. The molecule has 0 aliphatic heterocycles. The van der Waals surface area contributed by atoms with Gasteiger partial charge >= 0.3 is 0 Å². The van der Waals surface area contributed by atoms with Crippen molar-refractivity contribution in [1.82, 2.24) is 4.72 Å². The molecule has 0 fully saturated rings. The minimum atomic E-state index is -3.47. The van der Waals surface area contributed by atoms with Crippen LogP contribution in [0.4, 0.5) is 0 Å². The second-order valence-corrected chi connectivity index (χ2v) is 7.52. The summed E-state index contributed by atoms with van der Waals surface area (Å²) in [4.78, 5) is 0.344. The number of sulfonamides is 1. The molecule has 0 radical (unpaired) electrons. The Bertz CT molecular complexity index is 751. The Balaban J connectivity index is 1.79. The van der Waals surface area contributed by atoms with Gasteiger partial charge in [0.25, 0.3) is 0 Å². The third-order valence-electron chi connectivity index (χ3n) is 4.20. The smallest absolute Gasteiger partial charge is 0.207 e. The lowest BCUT2D eigenvalue weighted by molar-refractivity contribution is 0.554. The van der Waals surface area contributed by atoms with Crippen LogP contribution in [-0.4, -0.2) is 8.42 Å². The van der Waals surface area contributed by atoms with Gasteiger partial charge in [-0.1, -0.05) is 49.7 Å². The highest BCUT2D eigenvalue weighted by atomic mass is 32.2. The molecular weight excluding hydrogens is 294 g/mol. The Hall–Kier alpha value is -1.65. The molecule has 2 aromatic carbocycles. The van der Waals surface area contributed by atoms with Crippen molar-refractivity contribution < 1.29 is 8.42 Å². The van der Waals surface area contributed by atoms with E-state index < -0.39 is 10.0 Å². The predicted molar refractivity (Wildman–Crippen MR) is 88.3 cm³/mol.